The SMILES string of the molecule is CC1=CCCC(C)=C1n1c(C)nc2cc(F)c(CCC(=O)NO)cc2c1=O. The van der Waals surface area contributed by atoms with Crippen molar-refractivity contribution in [3.05, 3.63) is 56.9 Å². The summed E-state index contributed by atoms with van der Waals surface area (Å²) in [5.41, 5.74) is 4.78. The molecule has 0 spiro atoms. The predicted octanol–water partition coefficient (Wildman–Crippen LogP) is 3.25. The van der Waals surface area contributed by atoms with E-state index >= 15 is 0 Å². The number of hydrogen-bond donors (Lipinski definition) is 2. The third-order valence-corrected chi connectivity index (χ3v) is 4.92. The van der Waals surface area contributed by atoms with E-state index in [4.69, 9.17) is 5.21 Å². The lowest BCUT2D eigenvalue weighted by Crippen LogP contribution is -2.25. The monoisotopic (exact) mass is 371 g/mol. The van der Waals surface area contributed by atoms with Gasteiger partial charge in [-0.25, -0.2) is 14.9 Å². The molecule has 1 amide bonds. The lowest BCUT2D eigenvalue weighted by molar-refractivity contribution is -0.129. The van der Waals surface area contributed by atoms with Gasteiger partial charge in [-0.2, -0.15) is 0 Å². The second kappa shape index (κ2) is 7.44. The van der Waals surface area contributed by atoms with Crippen LogP contribution in [0.1, 0.15) is 44.5 Å². The summed E-state index contributed by atoms with van der Waals surface area (Å²) in [6, 6.07) is 2.68. The maximum atomic E-state index is 14.4. The third-order valence-electron chi connectivity index (χ3n) is 4.92. The number of aryl methyl sites for hydroxylation is 2. The van der Waals surface area contributed by atoms with E-state index in [0.717, 1.165) is 29.7 Å². The van der Waals surface area contributed by atoms with Crippen LogP contribution >= 0.6 is 0 Å². The Labute approximate surface area is 156 Å². The Balaban J connectivity index is 2.18. The molecule has 3 rings (SSSR count). The van der Waals surface area contributed by atoms with Crippen molar-refractivity contribution >= 4 is 22.5 Å². The molecule has 1 aliphatic rings. The number of aromatic nitrogens is 2. The maximum Gasteiger partial charge on any atom is 0.265 e. The fourth-order valence-electron chi connectivity index (χ4n) is 3.55. The van der Waals surface area contributed by atoms with Crippen LogP contribution in [0, 0.1) is 12.7 Å². The molecule has 142 valence electrons. The number of carbonyl (C=O) groups excluding carboxylic acids is 1. The van der Waals surface area contributed by atoms with Gasteiger partial charge in [0.1, 0.15) is 11.6 Å². The van der Waals surface area contributed by atoms with Crippen LogP contribution in [0.15, 0.2) is 34.1 Å². The molecule has 1 aromatic carbocycles. The van der Waals surface area contributed by atoms with Gasteiger partial charge in [-0.05, 0) is 62.8 Å². The van der Waals surface area contributed by atoms with Gasteiger partial charge in [0.25, 0.3) is 5.56 Å². The Bertz CT molecular complexity index is 1050. The molecule has 27 heavy (non-hydrogen) atoms. The van der Waals surface area contributed by atoms with Crippen LogP contribution < -0.4 is 11.0 Å². The van der Waals surface area contributed by atoms with Crippen molar-refractivity contribution in [2.45, 2.75) is 46.5 Å². The van der Waals surface area contributed by atoms with E-state index in [2.05, 4.69) is 11.1 Å². The lowest BCUT2D eigenvalue weighted by atomic mass is 9.97. The molecule has 7 heteroatoms. The first-order chi connectivity index (χ1) is 12.8. The fraction of sp³-hybridized carbons (Fsp3) is 0.350. The van der Waals surface area contributed by atoms with E-state index in [-0.39, 0.29) is 29.5 Å². The minimum absolute atomic E-state index is 0.0716. The molecule has 0 atom stereocenters. The summed E-state index contributed by atoms with van der Waals surface area (Å²) < 4.78 is 15.9. The van der Waals surface area contributed by atoms with Crippen molar-refractivity contribution in [2.75, 3.05) is 0 Å². The van der Waals surface area contributed by atoms with Crippen molar-refractivity contribution in [3.8, 4) is 0 Å². The van der Waals surface area contributed by atoms with Crippen molar-refractivity contribution in [2.24, 2.45) is 0 Å². The minimum Gasteiger partial charge on any atom is -0.289 e. The van der Waals surface area contributed by atoms with Crippen LogP contribution in [0.4, 0.5) is 4.39 Å². The van der Waals surface area contributed by atoms with E-state index < -0.39 is 11.7 Å². The normalized spacial score (nSPS) is 14.5. The molecular weight excluding hydrogens is 349 g/mol. The number of hydroxylamine groups is 1. The van der Waals surface area contributed by atoms with Crippen molar-refractivity contribution in [1.82, 2.24) is 15.0 Å². The summed E-state index contributed by atoms with van der Waals surface area (Å²) in [6.45, 7) is 5.71. The molecule has 1 aromatic heterocycles. The molecule has 0 saturated heterocycles. The number of benzene rings is 1. The lowest BCUT2D eigenvalue weighted by Gasteiger charge is -2.21. The van der Waals surface area contributed by atoms with Gasteiger partial charge in [0.15, 0.2) is 0 Å². The first-order valence-electron chi connectivity index (χ1n) is 8.85. The van der Waals surface area contributed by atoms with E-state index in [1.165, 1.54) is 17.6 Å². The highest BCUT2D eigenvalue weighted by molar-refractivity contribution is 5.81. The highest BCUT2D eigenvalue weighted by Gasteiger charge is 2.19. The number of nitrogens with zero attached hydrogens (tertiary/aromatic N) is 2. The van der Waals surface area contributed by atoms with Gasteiger partial charge >= 0.3 is 0 Å². The van der Waals surface area contributed by atoms with Gasteiger partial charge in [-0.1, -0.05) is 6.08 Å². The minimum atomic E-state index is -0.613. The standard InChI is InChI=1S/C20H22FN3O3/c1-11-5-4-6-12(2)19(11)24-13(3)22-17-10-16(21)14(7-8-18(25)23-27)9-15(17)20(24)26/h5,9-10,27H,4,6-8H2,1-3H3,(H,23,25). The largest absolute Gasteiger partial charge is 0.289 e. The number of amides is 1. The van der Waals surface area contributed by atoms with Crippen LogP contribution in [0.25, 0.3) is 16.6 Å². The van der Waals surface area contributed by atoms with Gasteiger partial charge in [-0.3, -0.25) is 19.4 Å². The van der Waals surface area contributed by atoms with Gasteiger partial charge < -0.3 is 0 Å². The van der Waals surface area contributed by atoms with Crippen LogP contribution in [0.2, 0.25) is 0 Å². The molecule has 0 radical (unpaired) electrons. The number of carbonyl (C=O) groups is 1. The van der Waals surface area contributed by atoms with Gasteiger partial charge in [-0.15, -0.1) is 0 Å². The number of fused-ring (bicyclic) bond motifs is 1. The Morgan fingerprint density at radius 1 is 1.33 bits per heavy atom. The van der Waals surface area contributed by atoms with E-state index in [9.17, 15) is 14.0 Å². The third kappa shape index (κ3) is 3.55. The Morgan fingerprint density at radius 3 is 2.74 bits per heavy atom. The molecule has 6 nitrogen and oxygen atoms in total. The average molecular weight is 371 g/mol. The highest BCUT2D eigenvalue weighted by atomic mass is 19.1. The Kier molecular flexibility index (Phi) is 5.23. The molecule has 0 bridgehead atoms. The number of rotatable bonds is 4. The smallest absolute Gasteiger partial charge is 0.265 e. The zero-order valence-corrected chi connectivity index (χ0v) is 15.6. The summed E-state index contributed by atoms with van der Waals surface area (Å²) in [5, 5.41) is 8.90. The van der Waals surface area contributed by atoms with Crippen molar-refractivity contribution in [1.29, 1.82) is 0 Å². The second-order valence-corrected chi connectivity index (χ2v) is 6.85. The molecule has 0 unspecified atom stereocenters. The molecule has 2 N–H and O–H groups in total. The van der Waals surface area contributed by atoms with E-state index in [1.807, 2.05) is 13.8 Å². The summed E-state index contributed by atoms with van der Waals surface area (Å²) in [6.07, 6.45) is 3.91. The molecular formula is C20H22FN3O3. The van der Waals surface area contributed by atoms with Crippen LogP contribution in [-0.2, 0) is 11.2 Å². The van der Waals surface area contributed by atoms with E-state index in [0.29, 0.717) is 11.2 Å². The highest BCUT2D eigenvalue weighted by Crippen LogP contribution is 2.29. The second-order valence-electron chi connectivity index (χ2n) is 6.85. The first kappa shape index (κ1) is 19.0. The van der Waals surface area contributed by atoms with Crippen molar-refractivity contribution < 1.29 is 14.4 Å². The molecule has 0 aliphatic heterocycles. The fourth-order valence-corrected chi connectivity index (χ4v) is 3.55. The zero-order valence-electron chi connectivity index (χ0n) is 15.6. The Hall–Kier alpha value is -2.80. The van der Waals surface area contributed by atoms with Crippen LogP contribution in [0.3, 0.4) is 0 Å². The quantitative estimate of drug-likeness (QED) is 0.638. The average Bonchev–Trinajstić information content (AvgIpc) is 2.62. The van der Waals surface area contributed by atoms with Crippen LogP contribution in [-0.4, -0.2) is 20.7 Å². The number of hydrogen-bond acceptors (Lipinski definition) is 4. The summed E-state index contributed by atoms with van der Waals surface area (Å²) >= 11 is 0. The topological polar surface area (TPSA) is 84.2 Å². The number of halogens is 1. The van der Waals surface area contributed by atoms with Crippen LogP contribution in [0.5, 0.6) is 0 Å². The molecule has 1 aliphatic carbocycles. The number of allylic oxidation sites excluding steroid dienone is 4. The number of nitrogens with one attached hydrogen (secondary N) is 1. The maximum absolute atomic E-state index is 14.4. The summed E-state index contributed by atoms with van der Waals surface area (Å²) in [4.78, 5) is 28.9. The van der Waals surface area contributed by atoms with Gasteiger partial charge in [0.2, 0.25) is 5.91 Å². The predicted molar refractivity (Wildman–Crippen MR) is 101 cm³/mol. The van der Waals surface area contributed by atoms with Gasteiger partial charge in [0, 0.05) is 12.5 Å². The molecule has 0 saturated carbocycles. The van der Waals surface area contributed by atoms with E-state index in [1.54, 1.807) is 11.5 Å². The summed E-state index contributed by atoms with van der Waals surface area (Å²) in [5.74, 6) is -0.637. The molecule has 2 aromatic rings. The molecule has 0 fully saturated rings. The molecule has 1 heterocycles. The zero-order chi connectivity index (χ0) is 19.7. The van der Waals surface area contributed by atoms with Gasteiger partial charge in [0.05, 0.1) is 16.6 Å². The summed E-state index contributed by atoms with van der Waals surface area (Å²) in [7, 11) is 0. The Morgan fingerprint density at radius 2 is 2.07 bits per heavy atom. The van der Waals surface area contributed by atoms with Crippen molar-refractivity contribution in [3.63, 3.8) is 0 Å². The first-order valence-corrected chi connectivity index (χ1v) is 8.85.